The zero-order valence-electron chi connectivity index (χ0n) is 42.9. The predicted molar refractivity (Wildman–Crippen MR) is 281 cm³/mol. The molecule has 0 bridgehead atoms. The minimum absolute atomic E-state index is 0.0720. The van der Waals surface area contributed by atoms with Crippen LogP contribution in [0.5, 0.6) is 0 Å². The van der Waals surface area contributed by atoms with Crippen molar-refractivity contribution in [1.29, 1.82) is 0 Å². The number of aliphatic hydroxyl groups is 2. The van der Waals surface area contributed by atoms with Gasteiger partial charge in [-0.25, -0.2) is 0 Å². The number of hydrogen-bond acceptors (Lipinski definition) is 3. The quantitative estimate of drug-likeness (QED) is 0.0421. The Balaban J connectivity index is 3.46. The Hall–Kier alpha value is -1.39. The average molecular weight is 885 g/mol. The van der Waals surface area contributed by atoms with Crippen molar-refractivity contribution in [2.24, 2.45) is 0 Å². The molecule has 0 spiro atoms. The van der Waals surface area contributed by atoms with Gasteiger partial charge in [-0.3, -0.25) is 4.79 Å². The Morgan fingerprint density at radius 1 is 0.365 bits per heavy atom. The summed E-state index contributed by atoms with van der Waals surface area (Å²) in [6.45, 7) is 4.32. The van der Waals surface area contributed by atoms with E-state index in [4.69, 9.17) is 0 Å². The summed E-state index contributed by atoms with van der Waals surface area (Å²) in [4.78, 5) is 12.5. The Bertz CT molecular complexity index is 958. The molecule has 4 heteroatoms. The first-order valence-corrected chi connectivity index (χ1v) is 28.7. The molecule has 0 aliphatic rings. The van der Waals surface area contributed by atoms with Gasteiger partial charge in [0.15, 0.2) is 0 Å². The number of allylic oxidation sites excluding steroid dienone is 5. The van der Waals surface area contributed by atoms with E-state index in [2.05, 4.69) is 43.5 Å². The van der Waals surface area contributed by atoms with Crippen LogP contribution in [0.4, 0.5) is 0 Å². The van der Waals surface area contributed by atoms with Gasteiger partial charge in [-0.05, 0) is 44.9 Å². The monoisotopic (exact) mass is 884 g/mol. The van der Waals surface area contributed by atoms with Crippen LogP contribution >= 0.6 is 0 Å². The van der Waals surface area contributed by atoms with Crippen molar-refractivity contribution in [1.82, 2.24) is 5.32 Å². The number of rotatable bonds is 53. The van der Waals surface area contributed by atoms with Gasteiger partial charge in [0.2, 0.25) is 5.91 Å². The molecule has 1 amide bonds. The van der Waals surface area contributed by atoms with Gasteiger partial charge >= 0.3 is 0 Å². The van der Waals surface area contributed by atoms with Crippen molar-refractivity contribution in [2.75, 3.05) is 6.61 Å². The molecular weight excluding hydrogens is 771 g/mol. The van der Waals surface area contributed by atoms with E-state index in [-0.39, 0.29) is 12.5 Å². The molecule has 2 atom stereocenters. The van der Waals surface area contributed by atoms with Gasteiger partial charge in [0.1, 0.15) is 0 Å². The van der Waals surface area contributed by atoms with E-state index in [0.717, 1.165) is 38.5 Å². The van der Waals surface area contributed by atoms with Crippen LogP contribution in [0.15, 0.2) is 36.5 Å². The summed E-state index contributed by atoms with van der Waals surface area (Å²) in [6.07, 6.45) is 74.7. The van der Waals surface area contributed by atoms with Crippen molar-refractivity contribution in [3.05, 3.63) is 36.5 Å². The molecule has 0 fully saturated rings. The molecule has 4 nitrogen and oxygen atoms in total. The lowest BCUT2D eigenvalue weighted by Gasteiger charge is -2.19. The molecule has 0 saturated carbocycles. The minimum atomic E-state index is -0.868. The van der Waals surface area contributed by atoms with Crippen LogP contribution in [0.2, 0.25) is 0 Å². The first kappa shape index (κ1) is 61.6. The van der Waals surface area contributed by atoms with Crippen LogP contribution in [0.1, 0.15) is 316 Å². The van der Waals surface area contributed by atoms with E-state index in [9.17, 15) is 15.0 Å². The smallest absolute Gasteiger partial charge is 0.220 e. The van der Waals surface area contributed by atoms with Gasteiger partial charge in [0.25, 0.3) is 0 Å². The van der Waals surface area contributed by atoms with Crippen LogP contribution < -0.4 is 5.32 Å². The zero-order valence-corrected chi connectivity index (χ0v) is 42.9. The zero-order chi connectivity index (χ0) is 45.6. The number of carbonyl (C=O) groups excluding carboxylic acids is 1. The van der Waals surface area contributed by atoms with E-state index in [1.54, 1.807) is 6.08 Å². The van der Waals surface area contributed by atoms with Gasteiger partial charge in [-0.2, -0.15) is 0 Å². The fraction of sp³-hybridized carbons (Fsp3) is 0.881. The third-order valence-electron chi connectivity index (χ3n) is 13.4. The van der Waals surface area contributed by atoms with Gasteiger partial charge in [0, 0.05) is 6.42 Å². The van der Waals surface area contributed by atoms with Crippen molar-refractivity contribution in [3.63, 3.8) is 0 Å². The maximum atomic E-state index is 12.5. The molecule has 0 aliphatic carbocycles. The number of unbranched alkanes of at least 4 members (excludes halogenated alkanes) is 42. The highest BCUT2D eigenvalue weighted by Crippen LogP contribution is 2.18. The van der Waals surface area contributed by atoms with Crippen LogP contribution in [-0.2, 0) is 4.79 Å². The molecule has 63 heavy (non-hydrogen) atoms. The van der Waals surface area contributed by atoms with Gasteiger partial charge in [0.05, 0.1) is 18.8 Å². The third-order valence-corrected chi connectivity index (χ3v) is 13.4. The minimum Gasteiger partial charge on any atom is -0.394 e. The van der Waals surface area contributed by atoms with E-state index >= 15 is 0 Å². The normalized spacial score (nSPS) is 13.0. The van der Waals surface area contributed by atoms with Crippen molar-refractivity contribution >= 4 is 5.91 Å². The van der Waals surface area contributed by atoms with Gasteiger partial charge < -0.3 is 15.5 Å². The molecule has 0 heterocycles. The first-order chi connectivity index (χ1) is 31.2. The highest BCUT2D eigenvalue weighted by molar-refractivity contribution is 5.76. The van der Waals surface area contributed by atoms with Gasteiger partial charge in [-0.1, -0.05) is 301 Å². The molecule has 3 N–H and O–H groups in total. The highest BCUT2D eigenvalue weighted by atomic mass is 16.3. The summed E-state index contributed by atoms with van der Waals surface area (Å²) in [5.74, 6) is -0.0720. The summed E-state index contributed by atoms with van der Waals surface area (Å²) >= 11 is 0. The summed E-state index contributed by atoms with van der Waals surface area (Å²) < 4.78 is 0. The van der Waals surface area contributed by atoms with E-state index in [1.165, 1.54) is 257 Å². The molecule has 0 aromatic carbocycles. The van der Waals surface area contributed by atoms with E-state index in [1.807, 2.05) is 6.08 Å². The molecule has 0 rings (SSSR count). The molecule has 0 saturated heterocycles. The number of aliphatic hydroxyl groups excluding tert-OH is 2. The number of hydrogen-bond donors (Lipinski definition) is 3. The maximum Gasteiger partial charge on any atom is 0.220 e. The number of carbonyl (C=O) groups is 1. The second-order valence-electron chi connectivity index (χ2n) is 19.7. The highest BCUT2D eigenvalue weighted by Gasteiger charge is 2.18. The Kier molecular flexibility index (Phi) is 53.7. The van der Waals surface area contributed by atoms with Crippen LogP contribution in [0.3, 0.4) is 0 Å². The second kappa shape index (κ2) is 54.9. The van der Waals surface area contributed by atoms with Crippen LogP contribution in [0, 0.1) is 0 Å². The van der Waals surface area contributed by atoms with Crippen molar-refractivity contribution in [2.45, 2.75) is 328 Å². The molecular formula is C59H113NO3. The first-order valence-electron chi connectivity index (χ1n) is 28.7. The molecule has 0 aliphatic heterocycles. The van der Waals surface area contributed by atoms with E-state index in [0.29, 0.717) is 6.42 Å². The van der Waals surface area contributed by atoms with Crippen molar-refractivity contribution < 1.29 is 15.0 Å². The third kappa shape index (κ3) is 51.5. The summed E-state index contributed by atoms with van der Waals surface area (Å²) in [5, 5.41) is 23.1. The lowest BCUT2D eigenvalue weighted by molar-refractivity contribution is -0.123. The Morgan fingerprint density at radius 2 is 0.619 bits per heavy atom. The second-order valence-corrected chi connectivity index (χ2v) is 19.7. The molecule has 0 aromatic heterocycles. The molecule has 0 aromatic rings. The summed E-state index contributed by atoms with van der Waals surface area (Å²) in [7, 11) is 0. The lowest BCUT2D eigenvalue weighted by Crippen LogP contribution is -2.45. The molecule has 372 valence electrons. The standard InChI is InChI=1S/C59H113NO3/c1-3-5-7-9-11-13-15-17-19-21-23-24-25-26-27-28-29-30-31-32-33-34-35-37-39-41-43-45-47-49-51-53-55-59(63)60-57(56-61)58(62)54-52-50-48-46-44-42-40-38-36-22-20-18-16-14-12-10-8-6-4-2/h36,38,44,46,52,54,57-58,61-62H,3-35,37,39-43,45,47-51,53,55-56H2,1-2H3,(H,60,63)/b38-36+,46-44+,54-52+. The topological polar surface area (TPSA) is 69.6 Å². The Labute approximate surface area is 395 Å². The van der Waals surface area contributed by atoms with E-state index < -0.39 is 12.1 Å². The average Bonchev–Trinajstić information content (AvgIpc) is 3.29. The fourth-order valence-corrected chi connectivity index (χ4v) is 8.98. The number of amides is 1. The SMILES string of the molecule is CCCCCCCCCCC/C=C/CC/C=C/CC/C=C/C(O)C(CO)NC(=O)CCCCCCCCCCCCCCCCCCCCCCCCCCCCCCCCCC. The summed E-state index contributed by atoms with van der Waals surface area (Å²) in [6, 6.07) is -0.644. The lowest BCUT2D eigenvalue weighted by atomic mass is 10.0. The van der Waals surface area contributed by atoms with Crippen molar-refractivity contribution in [3.8, 4) is 0 Å². The van der Waals surface area contributed by atoms with Gasteiger partial charge in [-0.15, -0.1) is 0 Å². The van der Waals surface area contributed by atoms with Crippen LogP contribution in [0.25, 0.3) is 0 Å². The molecule has 2 unspecified atom stereocenters. The summed E-state index contributed by atoms with van der Waals surface area (Å²) in [5.41, 5.74) is 0. The fourth-order valence-electron chi connectivity index (χ4n) is 8.98. The van der Waals surface area contributed by atoms with Crippen LogP contribution in [-0.4, -0.2) is 34.9 Å². The predicted octanol–water partition coefficient (Wildman–Crippen LogP) is 18.9. The number of nitrogens with one attached hydrogen (secondary N) is 1. The maximum absolute atomic E-state index is 12.5. The Morgan fingerprint density at radius 3 is 0.921 bits per heavy atom. The molecule has 0 radical (unpaired) electrons. The largest absolute Gasteiger partial charge is 0.394 e.